The van der Waals surface area contributed by atoms with Crippen LogP contribution in [0.5, 0.6) is 11.5 Å². The molecule has 0 atom stereocenters. The van der Waals surface area contributed by atoms with Crippen LogP contribution < -0.4 is 9.47 Å². The van der Waals surface area contributed by atoms with Crippen molar-refractivity contribution in [1.82, 2.24) is 19.6 Å². The van der Waals surface area contributed by atoms with Gasteiger partial charge in [-0.1, -0.05) is 12.1 Å². The van der Waals surface area contributed by atoms with Crippen molar-refractivity contribution in [2.75, 3.05) is 20.0 Å². The summed E-state index contributed by atoms with van der Waals surface area (Å²) in [6.45, 7) is 1.19. The Labute approximate surface area is 214 Å². The highest BCUT2D eigenvalue weighted by molar-refractivity contribution is 8.05. The summed E-state index contributed by atoms with van der Waals surface area (Å²) in [6, 6.07) is 15.7. The zero-order valence-electron chi connectivity index (χ0n) is 20.1. The number of methoxy groups -OCH3 is 2. The highest BCUT2D eigenvalue weighted by Crippen LogP contribution is 2.35. The Morgan fingerprint density at radius 2 is 1.42 bits per heavy atom. The fourth-order valence-corrected chi connectivity index (χ4v) is 5.18. The fraction of sp³-hybridized carbons (Fsp3) is 0.179. The first kappa shape index (κ1) is 23.7. The molecule has 7 nitrogen and oxygen atoms in total. The topological polar surface area (TPSA) is 71.2 Å². The summed E-state index contributed by atoms with van der Waals surface area (Å²) in [7, 11) is 3.32. The smallest absolute Gasteiger partial charge is 0.196 e. The highest BCUT2D eigenvalue weighted by atomic mass is 32.2. The highest BCUT2D eigenvalue weighted by Gasteiger charge is 2.24. The van der Waals surface area contributed by atoms with Crippen molar-refractivity contribution in [2.45, 2.75) is 13.1 Å². The number of ketones is 1. The quantitative estimate of drug-likeness (QED) is 0.321. The second-order valence-corrected chi connectivity index (χ2v) is 9.36. The molecule has 36 heavy (non-hydrogen) atoms. The number of carbonyl (C=O) groups is 1. The van der Waals surface area contributed by atoms with Gasteiger partial charge in [0, 0.05) is 47.2 Å². The minimum atomic E-state index is 0.0638. The molecule has 0 amide bonds. The molecule has 0 unspecified atom stereocenters. The van der Waals surface area contributed by atoms with Gasteiger partial charge in [0.05, 0.1) is 32.2 Å². The van der Waals surface area contributed by atoms with Crippen LogP contribution in [0.1, 0.15) is 22.3 Å². The third kappa shape index (κ3) is 5.28. The van der Waals surface area contributed by atoms with Gasteiger partial charge in [0.2, 0.25) is 0 Å². The molecule has 0 radical (unpaired) electrons. The summed E-state index contributed by atoms with van der Waals surface area (Å²) in [5.74, 6) is 2.30. The van der Waals surface area contributed by atoms with Crippen LogP contribution in [0, 0.1) is 0 Å². The Kier molecular flexibility index (Phi) is 7.04. The number of thioether (sulfide) groups is 1. The van der Waals surface area contributed by atoms with Gasteiger partial charge in [0.1, 0.15) is 11.5 Å². The summed E-state index contributed by atoms with van der Waals surface area (Å²) >= 11 is 1.57. The molecule has 0 aliphatic carbocycles. The lowest BCUT2D eigenvalue weighted by molar-refractivity contribution is -0.111. The lowest BCUT2D eigenvalue weighted by Gasteiger charge is -2.10. The molecule has 0 saturated carbocycles. The van der Waals surface area contributed by atoms with E-state index in [1.165, 1.54) is 0 Å². The maximum atomic E-state index is 13.2. The van der Waals surface area contributed by atoms with Crippen molar-refractivity contribution in [3.63, 3.8) is 0 Å². The molecule has 2 aromatic heterocycles. The number of Topliss-reactive ketones (excluding diaryl/α,β-unsaturated/α-hetero) is 1. The van der Waals surface area contributed by atoms with Crippen molar-refractivity contribution >= 4 is 29.7 Å². The van der Waals surface area contributed by atoms with Crippen LogP contribution in [0.25, 0.3) is 12.2 Å². The number of benzene rings is 2. The van der Waals surface area contributed by atoms with Crippen LogP contribution in [-0.4, -0.2) is 45.3 Å². The Morgan fingerprint density at radius 3 is 1.92 bits per heavy atom. The summed E-state index contributed by atoms with van der Waals surface area (Å²) in [4.78, 5) is 13.9. The Bertz CT molecular complexity index is 1320. The summed E-state index contributed by atoms with van der Waals surface area (Å²) in [6.07, 6.45) is 11.3. The average molecular weight is 499 g/mol. The van der Waals surface area contributed by atoms with Crippen molar-refractivity contribution < 1.29 is 14.3 Å². The Morgan fingerprint density at radius 1 is 0.861 bits per heavy atom. The third-order valence-electron chi connectivity index (χ3n) is 5.93. The van der Waals surface area contributed by atoms with E-state index in [0.29, 0.717) is 18.8 Å². The minimum absolute atomic E-state index is 0.0638. The molecule has 1 fully saturated rings. The van der Waals surface area contributed by atoms with Crippen molar-refractivity contribution in [2.24, 2.45) is 0 Å². The molecule has 0 N–H and O–H groups in total. The zero-order chi connectivity index (χ0) is 24.9. The van der Waals surface area contributed by atoms with Gasteiger partial charge in [-0.2, -0.15) is 10.2 Å². The van der Waals surface area contributed by atoms with Crippen molar-refractivity contribution in [1.29, 1.82) is 0 Å². The lowest BCUT2D eigenvalue weighted by Crippen LogP contribution is -2.03. The molecule has 1 aliphatic heterocycles. The van der Waals surface area contributed by atoms with Crippen LogP contribution in [0.3, 0.4) is 0 Å². The van der Waals surface area contributed by atoms with Crippen LogP contribution in [0.4, 0.5) is 0 Å². The molecule has 1 saturated heterocycles. The van der Waals surface area contributed by atoms with E-state index in [4.69, 9.17) is 9.47 Å². The van der Waals surface area contributed by atoms with E-state index in [1.807, 2.05) is 76.4 Å². The molecule has 0 bridgehead atoms. The van der Waals surface area contributed by atoms with E-state index in [0.717, 1.165) is 44.2 Å². The van der Waals surface area contributed by atoms with Crippen molar-refractivity contribution in [3.05, 3.63) is 106 Å². The standard InChI is InChI=1S/C28H26N4O3S/c1-34-25-7-5-20(13-22(25)17-31-11-3-9-29-31)15-24-19-36-27(28(24)33)16-21-6-8-26(35-2)23(14-21)18-32-12-4-10-30-32/h3-16H,17-19H2,1-2H3. The number of ether oxygens (including phenoxy) is 2. The van der Waals surface area contributed by atoms with E-state index in [2.05, 4.69) is 16.3 Å². The predicted octanol–water partition coefficient (Wildman–Crippen LogP) is 4.93. The van der Waals surface area contributed by atoms with E-state index in [-0.39, 0.29) is 5.78 Å². The molecule has 1 aliphatic rings. The van der Waals surface area contributed by atoms with Gasteiger partial charge in [0.15, 0.2) is 5.78 Å². The van der Waals surface area contributed by atoms with Crippen LogP contribution in [0.2, 0.25) is 0 Å². The fourth-order valence-electron chi connectivity index (χ4n) is 4.17. The molecule has 8 heteroatoms. The van der Waals surface area contributed by atoms with Gasteiger partial charge in [-0.05, 0) is 59.7 Å². The van der Waals surface area contributed by atoms with E-state index in [9.17, 15) is 4.79 Å². The number of carbonyl (C=O) groups excluding carboxylic acids is 1. The van der Waals surface area contributed by atoms with Gasteiger partial charge < -0.3 is 9.47 Å². The van der Waals surface area contributed by atoms with Gasteiger partial charge in [-0.25, -0.2) is 0 Å². The molecular formula is C28H26N4O3S. The number of nitrogens with zero attached hydrogens (tertiary/aromatic N) is 4. The second-order valence-electron chi connectivity index (χ2n) is 8.35. The largest absolute Gasteiger partial charge is 0.496 e. The SMILES string of the molecule is COc1ccc(C=C2CSC(=Cc3ccc(OC)c(Cn4cccn4)c3)C2=O)cc1Cn1cccn1. The molecule has 2 aromatic carbocycles. The number of hydrogen-bond donors (Lipinski definition) is 0. The maximum Gasteiger partial charge on any atom is 0.196 e. The summed E-state index contributed by atoms with van der Waals surface area (Å²) in [5.41, 5.74) is 4.72. The average Bonchev–Trinajstić information content (AvgIpc) is 3.66. The van der Waals surface area contributed by atoms with Gasteiger partial charge in [-0.15, -0.1) is 11.8 Å². The van der Waals surface area contributed by atoms with Gasteiger partial charge in [-0.3, -0.25) is 14.2 Å². The first-order chi connectivity index (χ1) is 17.6. The van der Waals surface area contributed by atoms with Crippen LogP contribution >= 0.6 is 11.8 Å². The first-order valence-corrected chi connectivity index (χ1v) is 12.5. The normalized spacial score (nSPS) is 15.7. The molecule has 4 aromatic rings. The number of hydrogen-bond acceptors (Lipinski definition) is 6. The molecular weight excluding hydrogens is 472 g/mol. The molecule has 0 spiro atoms. The third-order valence-corrected chi connectivity index (χ3v) is 7.00. The first-order valence-electron chi connectivity index (χ1n) is 11.5. The summed E-state index contributed by atoms with van der Waals surface area (Å²) < 4.78 is 14.7. The molecule has 182 valence electrons. The molecule has 5 rings (SSSR count). The van der Waals surface area contributed by atoms with E-state index < -0.39 is 0 Å². The van der Waals surface area contributed by atoms with E-state index >= 15 is 0 Å². The lowest BCUT2D eigenvalue weighted by atomic mass is 10.0. The number of aromatic nitrogens is 4. The second kappa shape index (κ2) is 10.7. The van der Waals surface area contributed by atoms with Gasteiger partial charge in [0.25, 0.3) is 0 Å². The molecule has 3 heterocycles. The summed E-state index contributed by atoms with van der Waals surface area (Å²) in [5, 5.41) is 8.57. The maximum absolute atomic E-state index is 13.2. The predicted molar refractivity (Wildman–Crippen MR) is 142 cm³/mol. The van der Waals surface area contributed by atoms with Crippen LogP contribution in [0.15, 0.2) is 83.8 Å². The van der Waals surface area contributed by atoms with Crippen LogP contribution in [-0.2, 0) is 17.9 Å². The number of rotatable bonds is 8. The minimum Gasteiger partial charge on any atom is -0.496 e. The Balaban J connectivity index is 1.37. The van der Waals surface area contributed by atoms with Crippen molar-refractivity contribution in [3.8, 4) is 11.5 Å². The monoisotopic (exact) mass is 498 g/mol. The number of allylic oxidation sites excluding steroid dienone is 1. The van der Waals surface area contributed by atoms with E-state index in [1.54, 1.807) is 38.4 Å². The van der Waals surface area contributed by atoms with Gasteiger partial charge >= 0.3 is 0 Å². The Hall–Kier alpha value is -4.04. The zero-order valence-corrected chi connectivity index (χ0v) is 20.9.